The number of hydrogen-bond acceptors (Lipinski definition) is 4. The summed E-state index contributed by atoms with van der Waals surface area (Å²) in [7, 11) is 0. The first-order valence-corrected chi connectivity index (χ1v) is 14.9. The van der Waals surface area contributed by atoms with Crippen LogP contribution in [-0.4, -0.2) is 16.4 Å². The van der Waals surface area contributed by atoms with Crippen LogP contribution in [0, 0.1) is 5.41 Å². The van der Waals surface area contributed by atoms with Crippen LogP contribution in [0.3, 0.4) is 0 Å². The van der Waals surface area contributed by atoms with E-state index >= 15 is 0 Å². The van der Waals surface area contributed by atoms with E-state index in [9.17, 15) is 0 Å². The van der Waals surface area contributed by atoms with Crippen LogP contribution in [0.1, 0.15) is 5.56 Å². The summed E-state index contributed by atoms with van der Waals surface area (Å²) in [5.41, 5.74) is 10.4. The first kappa shape index (κ1) is 27.7. The Kier molecular flexibility index (Phi) is 7.53. The lowest BCUT2D eigenvalue weighted by Gasteiger charge is -2.15. The van der Waals surface area contributed by atoms with E-state index in [4.69, 9.17) is 10.5 Å². The molecule has 0 unspecified atom stereocenters. The minimum absolute atomic E-state index is 0.226. The van der Waals surface area contributed by atoms with E-state index in [1.54, 1.807) is 6.20 Å². The number of rotatable bonds is 8. The van der Waals surface area contributed by atoms with Crippen molar-refractivity contribution in [1.82, 2.24) is 4.98 Å². The molecule has 7 rings (SSSR count). The summed E-state index contributed by atoms with van der Waals surface area (Å²) < 4.78 is 0. The highest BCUT2D eigenvalue weighted by Crippen LogP contribution is 2.40. The number of aromatic nitrogens is 1. The zero-order valence-corrected chi connectivity index (χ0v) is 24.6. The number of pyridine rings is 1. The lowest BCUT2D eigenvalue weighted by atomic mass is 9.88. The minimum atomic E-state index is 0.226. The molecule has 214 valence electrons. The second kappa shape index (κ2) is 12.2. The summed E-state index contributed by atoms with van der Waals surface area (Å²) in [4.78, 5) is 4.30. The highest BCUT2D eigenvalue weighted by Gasteiger charge is 2.14. The number of hydrazone groups is 1. The molecule has 0 bridgehead atoms. The van der Waals surface area contributed by atoms with Gasteiger partial charge in [-0.15, -0.1) is 0 Å². The minimum Gasteiger partial charge on any atom is -0.299 e. The molecule has 7 aromatic rings. The molecule has 0 radical (unpaired) electrons. The molecule has 0 amide bonds. The average Bonchev–Trinajstić information content (AvgIpc) is 3.11. The molecule has 4 heteroatoms. The van der Waals surface area contributed by atoms with Crippen molar-refractivity contribution in [3.63, 3.8) is 0 Å². The number of hydrogen-bond donors (Lipinski definition) is 2. The Morgan fingerprint density at radius 3 is 1.89 bits per heavy atom. The van der Waals surface area contributed by atoms with E-state index in [1.165, 1.54) is 28.0 Å². The number of benzene rings is 6. The third kappa shape index (κ3) is 5.30. The monoisotopic (exact) mass is 578 g/mol. The maximum Gasteiger partial charge on any atom is 0.108 e. The van der Waals surface area contributed by atoms with Crippen molar-refractivity contribution in [2.75, 3.05) is 5.43 Å². The van der Waals surface area contributed by atoms with Crippen molar-refractivity contribution in [2.45, 2.75) is 0 Å². The van der Waals surface area contributed by atoms with Crippen molar-refractivity contribution < 1.29 is 0 Å². The fourth-order valence-corrected chi connectivity index (χ4v) is 6.00. The van der Waals surface area contributed by atoms with E-state index < -0.39 is 0 Å². The summed E-state index contributed by atoms with van der Waals surface area (Å²) in [5, 5.41) is 20.2. The van der Waals surface area contributed by atoms with Gasteiger partial charge in [-0.25, -0.2) is 0 Å². The molecule has 1 heterocycles. The second-order valence-corrected chi connectivity index (χ2v) is 10.8. The van der Waals surface area contributed by atoms with Crippen LogP contribution in [0.5, 0.6) is 0 Å². The summed E-state index contributed by atoms with van der Waals surface area (Å²) >= 11 is 0. The molecule has 0 saturated carbocycles. The number of anilines is 1. The molecular formula is C41H30N4. The summed E-state index contributed by atoms with van der Waals surface area (Å²) in [6, 6.07) is 43.9. The standard InChI is InChI=1S/C41H30N4/c1-2-38(42)40(45-44-39-24-22-30(29-15-12-26-43-27-29)31-16-6-9-19-35(31)39)25-23-34-32-17-7-10-20-36(32)41(28-13-4-3-5-14-28)37-21-11-8-18-33(34)37/h2-27,42,44H,1H2. The molecule has 0 fully saturated rings. The second-order valence-electron chi connectivity index (χ2n) is 10.8. The van der Waals surface area contributed by atoms with Crippen LogP contribution in [-0.2, 0) is 0 Å². The van der Waals surface area contributed by atoms with E-state index in [0.717, 1.165) is 43.9 Å². The lowest BCUT2D eigenvalue weighted by Crippen LogP contribution is -2.09. The van der Waals surface area contributed by atoms with E-state index in [0.29, 0.717) is 5.71 Å². The molecule has 0 aliphatic rings. The van der Waals surface area contributed by atoms with E-state index in [2.05, 4.69) is 120 Å². The van der Waals surface area contributed by atoms with Gasteiger partial charge in [-0.2, -0.15) is 5.10 Å². The number of nitrogens with one attached hydrogen (secondary N) is 2. The van der Waals surface area contributed by atoms with Gasteiger partial charge in [0.1, 0.15) is 5.71 Å². The van der Waals surface area contributed by atoms with Gasteiger partial charge in [-0.05, 0) is 73.5 Å². The highest BCUT2D eigenvalue weighted by molar-refractivity contribution is 6.50. The van der Waals surface area contributed by atoms with Gasteiger partial charge in [0, 0.05) is 23.3 Å². The van der Waals surface area contributed by atoms with E-state index in [-0.39, 0.29) is 5.71 Å². The smallest absolute Gasteiger partial charge is 0.108 e. The van der Waals surface area contributed by atoms with Crippen LogP contribution < -0.4 is 5.43 Å². The number of allylic oxidation sites excluding steroid dienone is 2. The van der Waals surface area contributed by atoms with Gasteiger partial charge in [0.05, 0.1) is 11.4 Å². The molecule has 1 aromatic heterocycles. The van der Waals surface area contributed by atoms with Gasteiger partial charge in [-0.1, -0.05) is 128 Å². The van der Waals surface area contributed by atoms with Gasteiger partial charge in [0.25, 0.3) is 0 Å². The maximum atomic E-state index is 8.66. The third-order valence-electron chi connectivity index (χ3n) is 8.12. The molecule has 0 spiro atoms. The van der Waals surface area contributed by atoms with Gasteiger partial charge in [0.2, 0.25) is 0 Å². The molecule has 0 aliphatic heterocycles. The highest BCUT2D eigenvalue weighted by atomic mass is 15.3. The van der Waals surface area contributed by atoms with Crippen LogP contribution in [0.15, 0.2) is 164 Å². The van der Waals surface area contributed by atoms with Crippen molar-refractivity contribution in [2.24, 2.45) is 5.10 Å². The molecular weight excluding hydrogens is 548 g/mol. The molecule has 0 saturated heterocycles. The van der Waals surface area contributed by atoms with Crippen LogP contribution >= 0.6 is 0 Å². The topological polar surface area (TPSA) is 61.1 Å². The molecule has 2 N–H and O–H groups in total. The van der Waals surface area contributed by atoms with Crippen molar-refractivity contribution in [1.29, 1.82) is 5.41 Å². The Morgan fingerprint density at radius 1 is 0.644 bits per heavy atom. The summed E-state index contributed by atoms with van der Waals surface area (Å²) in [6.45, 7) is 3.86. The fraction of sp³-hybridized carbons (Fsp3) is 0. The van der Waals surface area contributed by atoms with Gasteiger partial charge >= 0.3 is 0 Å². The quantitative estimate of drug-likeness (QED) is 0.107. The average molecular weight is 579 g/mol. The summed E-state index contributed by atoms with van der Waals surface area (Å²) in [6.07, 6.45) is 9.15. The van der Waals surface area contributed by atoms with Crippen molar-refractivity contribution in [3.05, 3.63) is 164 Å². The zero-order valence-electron chi connectivity index (χ0n) is 24.6. The van der Waals surface area contributed by atoms with Crippen molar-refractivity contribution in [3.8, 4) is 22.3 Å². The Balaban J connectivity index is 1.33. The predicted molar refractivity (Wildman–Crippen MR) is 192 cm³/mol. The van der Waals surface area contributed by atoms with Gasteiger partial charge < -0.3 is 0 Å². The molecule has 6 aromatic carbocycles. The molecule has 4 nitrogen and oxygen atoms in total. The van der Waals surface area contributed by atoms with Crippen molar-refractivity contribution >= 4 is 55.5 Å². The Labute approximate surface area is 262 Å². The number of fused-ring (bicyclic) bond motifs is 3. The largest absolute Gasteiger partial charge is 0.299 e. The lowest BCUT2D eigenvalue weighted by molar-refractivity contribution is 1.33. The molecule has 0 aliphatic carbocycles. The predicted octanol–water partition coefficient (Wildman–Crippen LogP) is 10.6. The van der Waals surface area contributed by atoms with Gasteiger partial charge in [-0.3, -0.25) is 15.8 Å². The fourth-order valence-electron chi connectivity index (χ4n) is 6.00. The van der Waals surface area contributed by atoms with E-state index in [1.807, 2.05) is 42.6 Å². The Morgan fingerprint density at radius 2 is 1.24 bits per heavy atom. The number of nitrogens with zero attached hydrogens (tertiary/aromatic N) is 2. The van der Waals surface area contributed by atoms with Gasteiger partial charge in [0.15, 0.2) is 0 Å². The SMILES string of the molecule is C=CC(=N)C(C=Cc1c2ccccc2c(-c2ccccc2)c2ccccc12)=NNc1ccc(-c2cccnc2)c2ccccc12. The first-order chi connectivity index (χ1) is 22.2. The first-order valence-electron chi connectivity index (χ1n) is 14.9. The molecule has 45 heavy (non-hydrogen) atoms. The Hall–Kier alpha value is -6.13. The van der Waals surface area contributed by atoms with Crippen LogP contribution in [0.2, 0.25) is 0 Å². The Bertz CT molecular complexity index is 2210. The third-order valence-corrected chi connectivity index (χ3v) is 8.12. The molecule has 0 atom stereocenters. The normalized spacial score (nSPS) is 11.8. The summed E-state index contributed by atoms with van der Waals surface area (Å²) in [5.74, 6) is 0. The van der Waals surface area contributed by atoms with Crippen LogP contribution in [0.25, 0.3) is 60.6 Å². The maximum absolute atomic E-state index is 8.66. The van der Waals surface area contributed by atoms with Crippen LogP contribution in [0.4, 0.5) is 5.69 Å². The zero-order chi connectivity index (χ0) is 30.6.